The van der Waals surface area contributed by atoms with Gasteiger partial charge >= 0.3 is 5.97 Å². The molecule has 0 bridgehead atoms. The molecule has 0 saturated carbocycles. The van der Waals surface area contributed by atoms with Gasteiger partial charge in [0.25, 0.3) is 0 Å². The number of aryl methyl sites for hydroxylation is 1. The lowest BCUT2D eigenvalue weighted by molar-refractivity contribution is -0.135. The second-order valence-corrected chi connectivity index (χ2v) is 6.98. The highest BCUT2D eigenvalue weighted by atomic mass is 16.5. The maximum absolute atomic E-state index is 11.1. The van der Waals surface area contributed by atoms with Crippen LogP contribution < -0.4 is 9.47 Å². The maximum Gasteiger partial charge on any atom is 0.371 e. The van der Waals surface area contributed by atoms with Crippen molar-refractivity contribution in [1.82, 2.24) is 0 Å². The van der Waals surface area contributed by atoms with Gasteiger partial charge in [0.15, 0.2) is 0 Å². The molecule has 5 nitrogen and oxygen atoms in total. The Labute approximate surface area is 182 Å². The van der Waals surface area contributed by atoms with Gasteiger partial charge in [0.1, 0.15) is 11.5 Å². The van der Waals surface area contributed by atoms with E-state index in [2.05, 4.69) is 24.3 Å². The monoisotopic (exact) mass is 418 g/mol. The predicted octanol–water partition coefficient (Wildman–Crippen LogP) is 5.58. The van der Waals surface area contributed by atoms with Crippen LogP contribution in [0.1, 0.15) is 17.5 Å². The fraction of sp³-hybridized carbons (Fsp3) is 0.192. The highest BCUT2D eigenvalue weighted by Crippen LogP contribution is 2.22. The van der Waals surface area contributed by atoms with Gasteiger partial charge in [-0.05, 0) is 59.5 Å². The average Bonchev–Trinajstić information content (AvgIpc) is 2.79. The molecule has 0 radical (unpaired) electrons. The van der Waals surface area contributed by atoms with E-state index in [4.69, 9.17) is 19.3 Å². The summed E-state index contributed by atoms with van der Waals surface area (Å²) in [5.41, 5.74) is 4.02. The number of carboxylic acid groups (broad SMARTS) is 1. The lowest BCUT2D eigenvalue weighted by atomic mass is 10.1. The summed E-state index contributed by atoms with van der Waals surface area (Å²) in [5, 5.41) is 9.06. The minimum Gasteiger partial charge on any atom is -0.493 e. The van der Waals surface area contributed by atoms with Crippen molar-refractivity contribution in [1.29, 1.82) is 0 Å². The molecular formula is C26H26O5. The van der Waals surface area contributed by atoms with E-state index in [-0.39, 0.29) is 5.76 Å². The smallest absolute Gasteiger partial charge is 0.371 e. The van der Waals surface area contributed by atoms with E-state index >= 15 is 0 Å². The summed E-state index contributed by atoms with van der Waals surface area (Å²) in [6.45, 7) is 2.98. The Morgan fingerprint density at radius 1 is 0.871 bits per heavy atom. The summed E-state index contributed by atoms with van der Waals surface area (Å²) < 4.78 is 16.5. The fourth-order valence-corrected chi connectivity index (χ4v) is 3.06. The number of methoxy groups -OCH3 is 1. The zero-order chi connectivity index (χ0) is 22.1. The quantitative estimate of drug-likeness (QED) is 0.264. The van der Waals surface area contributed by atoms with Crippen LogP contribution in [0.5, 0.6) is 11.5 Å². The minimum absolute atomic E-state index is 0.106. The standard InChI is InChI=1S/C26H26O5/c1-19-17-24(14-11-22(19)18-25(29-2)26(27)28)31-16-6-15-30-23-12-9-21(10-13-23)20-7-4-3-5-8-20/h3-5,7-14,17-18H,6,15-16H2,1-2H3,(H,27,28). The zero-order valence-electron chi connectivity index (χ0n) is 17.7. The lowest BCUT2D eigenvalue weighted by Crippen LogP contribution is -2.05. The molecule has 0 aliphatic rings. The van der Waals surface area contributed by atoms with Crippen molar-refractivity contribution in [2.45, 2.75) is 13.3 Å². The largest absolute Gasteiger partial charge is 0.493 e. The number of rotatable bonds is 10. The topological polar surface area (TPSA) is 65.0 Å². The van der Waals surface area contributed by atoms with E-state index in [0.29, 0.717) is 13.2 Å². The van der Waals surface area contributed by atoms with Crippen LogP contribution in [0.4, 0.5) is 0 Å². The predicted molar refractivity (Wildman–Crippen MR) is 121 cm³/mol. The average molecular weight is 418 g/mol. The molecule has 0 amide bonds. The first-order valence-corrected chi connectivity index (χ1v) is 10.1. The number of benzene rings is 3. The number of hydrogen-bond acceptors (Lipinski definition) is 4. The van der Waals surface area contributed by atoms with E-state index in [1.165, 1.54) is 18.7 Å². The first kappa shape index (κ1) is 22.0. The Hall–Kier alpha value is -3.73. The van der Waals surface area contributed by atoms with Crippen LogP contribution in [0, 0.1) is 6.92 Å². The van der Waals surface area contributed by atoms with Gasteiger partial charge in [-0.25, -0.2) is 4.79 Å². The van der Waals surface area contributed by atoms with Crippen LogP contribution in [-0.4, -0.2) is 31.4 Å². The van der Waals surface area contributed by atoms with Gasteiger partial charge in [0.05, 0.1) is 20.3 Å². The SMILES string of the molecule is COC(=Cc1ccc(OCCCOc2ccc(-c3ccccc3)cc2)cc1C)C(=O)O. The van der Waals surface area contributed by atoms with Gasteiger partial charge < -0.3 is 19.3 Å². The van der Waals surface area contributed by atoms with Crippen molar-refractivity contribution in [2.24, 2.45) is 0 Å². The van der Waals surface area contributed by atoms with Crippen LogP contribution in [-0.2, 0) is 9.53 Å². The van der Waals surface area contributed by atoms with Crippen molar-refractivity contribution in [2.75, 3.05) is 20.3 Å². The summed E-state index contributed by atoms with van der Waals surface area (Å²) in [4.78, 5) is 11.1. The molecule has 1 N–H and O–H groups in total. The molecule has 0 aliphatic heterocycles. The van der Waals surface area contributed by atoms with Crippen molar-refractivity contribution >= 4 is 12.0 Å². The molecule has 160 valence electrons. The van der Waals surface area contributed by atoms with Crippen molar-refractivity contribution in [3.63, 3.8) is 0 Å². The first-order valence-electron chi connectivity index (χ1n) is 10.1. The van der Waals surface area contributed by atoms with Crippen LogP contribution in [0.2, 0.25) is 0 Å². The number of hydrogen-bond donors (Lipinski definition) is 1. The van der Waals surface area contributed by atoms with Crippen molar-refractivity contribution in [3.05, 3.63) is 89.7 Å². The summed E-state index contributed by atoms with van der Waals surface area (Å²) in [5.74, 6) is 0.359. The molecule has 0 unspecified atom stereocenters. The van der Waals surface area contributed by atoms with Crippen LogP contribution in [0.15, 0.2) is 78.6 Å². The summed E-state index contributed by atoms with van der Waals surface area (Å²) >= 11 is 0. The molecule has 3 rings (SSSR count). The number of carbonyl (C=O) groups is 1. The molecule has 5 heteroatoms. The summed E-state index contributed by atoms with van der Waals surface area (Å²) in [7, 11) is 1.34. The van der Waals surface area contributed by atoms with E-state index in [0.717, 1.165) is 34.6 Å². The summed E-state index contributed by atoms with van der Waals surface area (Å²) in [6.07, 6.45) is 2.24. The highest BCUT2D eigenvalue weighted by molar-refractivity contribution is 5.90. The Morgan fingerprint density at radius 3 is 2.10 bits per heavy atom. The molecular weight excluding hydrogens is 392 g/mol. The molecule has 0 atom stereocenters. The van der Waals surface area contributed by atoms with E-state index in [1.807, 2.05) is 55.5 Å². The third kappa shape index (κ3) is 6.37. The third-order valence-corrected chi connectivity index (χ3v) is 4.75. The molecule has 3 aromatic rings. The number of carboxylic acids is 1. The van der Waals surface area contributed by atoms with Crippen molar-refractivity contribution in [3.8, 4) is 22.6 Å². The molecule has 0 aliphatic carbocycles. The molecule has 31 heavy (non-hydrogen) atoms. The van der Waals surface area contributed by atoms with Gasteiger partial charge in [0, 0.05) is 6.42 Å². The number of ether oxygens (including phenoxy) is 3. The molecule has 3 aromatic carbocycles. The van der Waals surface area contributed by atoms with E-state index < -0.39 is 5.97 Å². The summed E-state index contributed by atoms with van der Waals surface area (Å²) in [6, 6.07) is 23.8. The highest BCUT2D eigenvalue weighted by Gasteiger charge is 2.08. The van der Waals surface area contributed by atoms with Gasteiger partial charge in [-0.3, -0.25) is 0 Å². The molecule has 0 spiro atoms. The van der Waals surface area contributed by atoms with Crippen LogP contribution in [0.25, 0.3) is 17.2 Å². The molecule has 0 fully saturated rings. The zero-order valence-corrected chi connectivity index (χ0v) is 17.7. The Balaban J connectivity index is 1.45. The van der Waals surface area contributed by atoms with Crippen LogP contribution >= 0.6 is 0 Å². The Bertz CT molecular complexity index is 1020. The second-order valence-electron chi connectivity index (χ2n) is 6.98. The van der Waals surface area contributed by atoms with Crippen molar-refractivity contribution < 1.29 is 24.1 Å². The third-order valence-electron chi connectivity index (χ3n) is 4.75. The van der Waals surface area contributed by atoms with Gasteiger partial charge in [-0.1, -0.05) is 48.5 Å². The molecule has 0 heterocycles. The van der Waals surface area contributed by atoms with E-state index in [1.54, 1.807) is 0 Å². The number of aliphatic carboxylic acids is 1. The minimum atomic E-state index is -1.10. The van der Waals surface area contributed by atoms with Gasteiger partial charge in [-0.15, -0.1) is 0 Å². The van der Waals surface area contributed by atoms with Gasteiger partial charge in [0.2, 0.25) is 5.76 Å². The fourth-order valence-electron chi connectivity index (χ4n) is 3.06. The second kappa shape index (κ2) is 10.9. The Kier molecular flexibility index (Phi) is 7.71. The van der Waals surface area contributed by atoms with E-state index in [9.17, 15) is 4.79 Å². The van der Waals surface area contributed by atoms with Crippen LogP contribution in [0.3, 0.4) is 0 Å². The first-order chi connectivity index (χ1) is 15.1. The lowest BCUT2D eigenvalue weighted by Gasteiger charge is -2.10. The molecule has 0 aromatic heterocycles. The van der Waals surface area contributed by atoms with Gasteiger partial charge in [-0.2, -0.15) is 0 Å². The maximum atomic E-state index is 11.1. The normalized spacial score (nSPS) is 11.1. The Morgan fingerprint density at radius 2 is 1.48 bits per heavy atom. The molecule has 0 saturated heterocycles.